The maximum absolute atomic E-state index is 13.6. The van der Waals surface area contributed by atoms with Crippen LogP contribution in [0, 0.1) is 0 Å². The van der Waals surface area contributed by atoms with Gasteiger partial charge in [0.2, 0.25) is 10.0 Å². The number of rotatable bonds is 7. The molecule has 0 unspecified atom stereocenters. The van der Waals surface area contributed by atoms with Crippen molar-refractivity contribution >= 4 is 26.7 Å². The molecule has 9 nitrogen and oxygen atoms in total. The predicted octanol–water partition coefficient (Wildman–Crippen LogP) is 3.49. The standard InChI is InChI=1S/C25H22N2O7S/c1-16(28)17-4-2-6-21(11-17)35(30,31)27(15-20-5-3-7-32-20)14-19-10-18-12-23-24(34-9-8-33-23)13-22(18)26-25(19)29/h2-7,10-13H,8-9,14-15H2,1H3,(H,26,29). The van der Waals surface area contributed by atoms with E-state index < -0.39 is 15.6 Å². The van der Waals surface area contributed by atoms with Crippen molar-refractivity contribution in [3.63, 3.8) is 0 Å². The first-order valence-corrected chi connectivity index (χ1v) is 12.3. The summed E-state index contributed by atoms with van der Waals surface area (Å²) in [4.78, 5) is 27.5. The maximum atomic E-state index is 13.6. The summed E-state index contributed by atoms with van der Waals surface area (Å²) in [7, 11) is -4.09. The third-order valence-electron chi connectivity index (χ3n) is 5.72. The number of fused-ring (bicyclic) bond motifs is 2. The molecule has 0 radical (unpaired) electrons. The quantitative estimate of drug-likeness (QED) is 0.391. The molecule has 1 aliphatic rings. The molecule has 2 aromatic heterocycles. The Kier molecular flexibility index (Phi) is 5.91. The molecule has 0 bridgehead atoms. The van der Waals surface area contributed by atoms with E-state index in [1.807, 2.05) is 0 Å². The van der Waals surface area contributed by atoms with Crippen LogP contribution in [-0.4, -0.2) is 36.7 Å². The maximum Gasteiger partial charge on any atom is 0.252 e. The zero-order valence-corrected chi connectivity index (χ0v) is 19.6. The van der Waals surface area contributed by atoms with Gasteiger partial charge in [-0.2, -0.15) is 4.31 Å². The van der Waals surface area contributed by atoms with Crippen LogP contribution >= 0.6 is 0 Å². The van der Waals surface area contributed by atoms with Crippen molar-refractivity contribution in [3.05, 3.63) is 88.1 Å². The Bertz CT molecular complexity index is 1570. The average molecular weight is 495 g/mol. The Morgan fingerprint density at radius 1 is 1.00 bits per heavy atom. The van der Waals surface area contributed by atoms with E-state index in [-0.39, 0.29) is 34.9 Å². The van der Waals surface area contributed by atoms with Crippen molar-refractivity contribution in [3.8, 4) is 11.5 Å². The van der Waals surface area contributed by atoms with Crippen molar-refractivity contribution < 1.29 is 27.1 Å². The zero-order chi connectivity index (χ0) is 24.6. The molecule has 0 spiro atoms. The number of Topliss-reactive ketones (excluding diaryl/α,β-unsaturated/α-hetero) is 1. The van der Waals surface area contributed by atoms with Crippen LogP contribution in [0.25, 0.3) is 10.9 Å². The number of nitrogens with one attached hydrogen (secondary N) is 1. The molecule has 2 aromatic carbocycles. The van der Waals surface area contributed by atoms with E-state index in [4.69, 9.17) is 13.9 Å². The van der Waals surface area contributed by atoms with Crippen LogP contribution in [0.2, 0.25) is 0 Å². The number of furan rings is 1. The van der Waals surface area contributed by atoms with Crippen LogP contribution < -0.4 is 15.0 Å². The molecule has 180 valence electrons. The monoisotopic (exact) mass is 494 g/mol. The summed E-state index contributed by atoms with van der Waals surface area (Å²) >= 11 is 0. The molecule has 5 rings (SSSR count). The van der Waals surface area contributed by atoms with Gasteiger partial charge in [-0.1, -0.05) is 12.1 Å². The van der Waals surface area contributed by atoms with E-state index in [1.54, 1.807) is 36.4 Å². The highest BCUT2D eigenvalue weighted by molar-refractivity contribution is 7.89. The average Bonchev–Trinajstić information content (AvgIpc) is 3.36. The van der Waals surface area contributed by atoms with Gasteiger partial charge in [0, 0.05) is 29.1 Å². The lowest BCUT2D eigenvalue weighted by Gasteiger charge is -2.22. The van der Waals surface area contributed by atoms with Gasteiger partial charge in [-0.25, -0.2) is 8.42 Å². The van der Waals surface area contributed by atoms with Gasteiger partial charge in [-0.15, -0.1) is 0 Å². The summed E-state index contributed by atoms with van der Waals surface area (Å²) in [6.45, 7) is 1.90. The number of aromatic nitrogens is 1. The number of hydrogen-bond donors (Lipinski definition) is 1. The summed E-state index contributed by atoms with van der Waals surface area (Å²) in [5.74, 6) is 1.26. The normalized spacial score (nSPS) is 13.3. The van der Waals surface area contributed by atoms with E-state index in [0.717, 1.165) is 4.31 Å². The van der Waals surface area contributed by atoms with E-state index in [9.17, 15) is 18.0 Å². The molecule has 1 N–H and O–H groups in total. The van der Waals surface area contributed by atoms with Crippen molar-refractivity contribution in [2.24, 2.45) is 0 Å². The predicted molar refractivity (Wildman–Crippen MR) is 127 cm³/mol. The van der Waals surface area contributed by atoms with Gasteiger partial charge in [0.25, 0.3) is 5.56 Å². The number of pyridine rings is 1. The Labute approximate surface area is 200 Å². The van der Waals surface area contributed by atoms with Crippen molar-refractivity contribution in [1.82, 2.24) is 9.29 Å². The van der Waals surface area contributed by atoms with Crippen LogP contribution in [0.3, 0.4) is 0 Å². The minimum atomic E-state index is -4.09. The number of aromatic amines is 1. The molecule has 0 fully saturated rings. The number of ketones is 1. The molecule has 0 amide bonds. The number of carbonyl (C=O) groups excluding carboxylic acids is 1. The van der Waals surface area contributed by atoms with Crippen LogP contribution in [0.4, 0.5) is 0 Å². The van der Waals surface area contributed by atoms with Gasteiger partial charge in [0.1, 0.15) is 19.0 Å². The van der Waals surface area contributed by atoms with Gasteiger partial charge in [0.05, 0.1) is 23.2 Å². The first-order valence-electron chi connectivity index (χ1n) is 10.9. The summed E-state index contributed by atoms with van der Waals surface area (Å²) in [5, 5.41) is 0.678. The van der Waals surface area contributed by atoms with Crippen LogP contribution in [0.5, 0.6) is 11.5 Å². The van der Waals surface area contributed by atoms with Gasteiger partial charge < -0.3 is 18.9 Å². The molecule has 0 saturated heterocycles. The highest BCUT2D eigenvalue weighted by Crippen LogP contribution is 2.34. The summed E-state index contributed by atoms with van der Waals surface area (Å²) in [6.07, 6.45) is 1.45. The Balaban J connectivity index is 1.56. The van der Waals surface area contributed by atoms with Gasteiger partial charge >= 0.3 is 0 Å². The number of nitrogens with zero attached hydrogens (tertiary/aromatic N) is 1. The molecule has 0 saturated carbocycles. The largest absolute Gasteiger partial charge is 0.486 e. The van der Waals surface area contributed by atoms with Crippen LogP contribution in [0.1, 0.15) is 28.6 Å². The van der Waals surface area contributed by atoms with Gasteiger partial charge in [-0.05, 0) is 43.3 Å². The molecule has 0 atom stereocenters. The lowest BCUT2D eigenvalue weighted by atomic mass is 10.1. The van der Waals surface area contributed by atoms with E-state index in [2.05, 4.69) is 4.98 Å². The number of sulfonamides is 1. The van der Waals surface area contributed by atoms with Gasteiger partial charge in [-0.3, -0.25) is 9.59 Å². The molecule has 0 aliphatic carbocycles. The van der Waals surface area contributed by atoms with E-state index >= 15 is 0 Å². The second kappa shape index (κ2) is 9.05. The molecule has 10 heteroatoms. The number of benzene rings is 2. The fraction of sp³-hybridized carbons (Fsp3) is 0.200. The second-order valence-corrected chi connectivity index (χ2v) is 10.1. The summed E-state index contributed by atoms with van der Waals surface area (Å²) in [5.41, 5.74) is 0.649. The molecule has 4 aromatic rings. The zero-order valence-electron chi connectivity index (χ0n) is 18.8. The molecule has 3 heterocycles. The first kappa shape index (κ1) is 22.9. The van der Waals surface area contributed by atoms with Crippen LogP contribution in [0.15, 0.2) is 75.0 Å². The molecule has 35 heavy (non-hydrogen) atoms. The molecular weight excluding hydrogens is 472 g/mol. The minimum Gasteiger partial charge on any atom is -0.486 e. The summed E-state index contributed by atoms with van der Waals surface area (Å²) < 4.78 is 45.0. The highest BCUT2D eigenvalue weighted by atomic mass is 32.2. The fourth-order valence-corrected chi connectivity index (χ4v) is 5.35. The number of hydrogen-bond acceptors (Lipinski definition) is 7. The third kappa shape index (κ3) is 4.58. The van der Waals surface area contributed by atoms with Crippen LogP contribution in [-0.2, 0) is 23.1 Å². The second-order valence-electron chi connectivity index (χ2n) is 8.14. The number of carbonyl (C=O) groups is 1. The first-order chi connectivity index (χ1) is 16.8. The topological polar surface area (TPSA) is 119 Å². The van der Waals surface area contributed by atoms with E-state index in [0.29, 0.717) is 41.4 Å². The Morgan fingerprint density at radius 3 is 2.49 bits per heavy atom. The van der Waals surface area contributed by atoms with E-state index in [1.165, 1.54) is 31.4 Å². The lowest BCUT2D eigenvalue weighted by Crippen LogP contribution is -2.32. The minimum absolute atomic E-state index is 0.0476. The number of H-pyrrole nitrogens is 1. The van der Waals surface area contributed by atoms with Gasteiger partial charge in [0.15, 0.2) is 17.3 Å². The lowest BCUT2D eigenvalue weighted by molar-refractivity contribution is 0.101. The van der Waals surface area contributed by atoms with Crippen molar-refractivity contribution in [1.29, 1.82) is 0 Å². The molecule has 1 aliphatic heterocycles. The van der Waals surface area contributed by atoms with Crippen molar-refractivity contribution in [2.75, 3.05) is 13.2 Å². The van der Waals surface area contributed by atoms with Crippen molar-refractivity contribution in [2.45, 2.75) is 24.9 Å². The number of ether oxygens (including phenoxy) is 2. The fourth-order valence-electron chi connectivity index (χ4n) is 3.92. The Morgan fingerprint density at radius 2 is 1.77 bits per heavy atom. The summed E-state index contributed by atoms with van der Waals surface area (Å²) in [6, 6.07) is 14.2. The SMILES string of the molecule is CC(=O)c1cccc(S(=O)(=O)N(Cc2ccco2)Cc2cc3cc4c(cc3[nH]c2=O)OCCO4)c1. The highest BCUT2D eigenvalue weighted by Gasteiger charge is 2.27. The molecular formula is C25H22N2O7S. The third-order valence-corrected chi connectivity index (χ3v) is 7.51. The Hall–Kier alpha value is -3.89. The smallest absolute Gasteiger partial charge is 0.252 e.